The van der Waals surface area contributed by atoms with Crippen LogP contribution in [0.15, 0.2) is 23.2 Å². The maximum Gasteiger partial charge on any atom is 0.305 e. The van der Waals surface area contributed by atoms with Crippen molar-refractivity contribution >= 4 is 29.5 Å². The van der Waals surface area contributed by atoms with Crippen molar-refractivity contribution in [3.8, 4) is 5.75 Å². The number of ether oxygens (including phenoxy) is 2. The Morgan fingerprint density at radius 3 is 2.58 bits per heavy atom. The zero-order chi connectivity index (χ0) is 22.2. The Bertz CT molecular complexity index is 854. The Morgan fingerprint density at radius 2 is 1.87 bits per heavy atom. The molecule has 168 valence electrons. The second-order valence-electron chi connectivity index (χ2n) is 7.77. The highest BCUT2D eigenvalue weighted by atomic mass is 16.5. The first-order valence-corrected chi connectivity index (χ1v) is 10.7. The van der Waals surface area contributed by atoms with Gasteiger partial charge >= 0.3 is 11.9 Å². The van der Waals surface area contributed by atoms with E-state index in [1.54, 1.807) is 4.90 Å². The highest BCUT2D eigenvalue weighted by Gasteiger charge is 2.40. The maximum absolute atomic E-state index is 12.1. The van der Waals surface area contributed by atoms with Crippen molar-refractivity contribution in [3.63, 3.8) is 0 Å². The molecule has 31 heavy (non-hydrogen) atoms. The number of nitrogens with one attached hydrogen (secondary N) is 1. The summed E-state index contributed by atoms with van der Waals surface area (Å²) in [5.41, 5.74) is 1.66. The van der Waals surface area contributed by atoms with Crippen LogP contribution in [0.5, 0.6) is 5.75 Å². The lowest BCUT2D eigenvalue weighted by Gasteiger charge is -2.27. The molecule has 2 aliphatic rings. The first-order valence-electron chi connectivity index (χ1n) is 10.7. The van der Waals surface area contributed by atoms with Gasteiger partial charge in [-0.25, -0.2) is 4.99 Å². The van der Waals surface area contributed by atoms with Crippen LogP contribution in [0.3, 0.4) is 0 Å². The number of aliphatic imine (C=N–C) groups is 1. The summed E-state index contributed by atoms with van der Waals surface area (Å²) in [7, 11) is 0. The molecule has 2 aliphatic heterocycles. The first-order chi connectivity index (χ1) is 14.9. The summed E-state index contributed by atoms with van der Waals surface area (Å²) in [5.74, 6) is -0.431. The second kappa shape index (κ2) is 10.8. The van der Waals surface area contributed by atoms with Gasteiger partial charge in [0.1, 0.15) is 11.8 Å². The number of amides is 1. The van der Waals surface area contributed by atoms with E-state index in [4.69, 9.17) is 14.6 Å². The number of benzene rings is 1. The van der Waals surface area contributed by atoms with Crippen LogP contribution in [0.25, 0.3) is 0 Å². The maximum atomic E-state index is 12.1. The van der Waals surface area contributed by atoms with Gasteiger partial charge in [-0.05, 0) is 31.0 Å². The van der Waals surface area contributed by atoms with Crippen molar-refractivity contribution in [3.05, 3.63) is 23.8 Å². The third-order valence-electron chi connectivity index (χ3n) is 5.28. The summed E-state index contributed by atoms with van der Waals surface area (Å²) in [5, 5.41) is 11.7. The lowest BCUT2D eigenvalue weighted by Crippen LogP contribution is -2.38. The van der Waals surface area contributed by atoms with Crippen molar-refractivity contribution in [2.75, 3.05) is 13.2 Å². The van der Waals surface area contributed by atoms with E-state index in [0.717, 1.165) is 55.5 Å². The van der Waals surface area contributed by atoms with Crippen molar-refractivity contribution in [2.24, 2.45) is 4.99 Å². The summed E-state index contributed by atoms with van der Waals surface area (Å²) in [6.45, 7) is 2.95. The Hall–Kier alpha value is -3.10. The highest BCUT2D eigenvalue weighted by Crippen LogP contribution is 2.32. The average Bonchev–Trinajstić information content (AvgIpc) is 3.01. The number of carbonyl (C=O) groups excluding carboxylic acids is 2. The van der Waals surface area contributed by atoms with E-state index in [1.807, 2.05) is 18.2 Å². The molecule has 2 N–H and O–H groups in total. The SMILES string of the molecule is CC(=O)OCCCCCCCCOc1ccc2c(c1)CN1C(=N2)NC(=O)C1CC(=O)O. The molecule has 1 atom stereocenters. The smallest absolute Gasteiger partial charge is 0.305 e. The van der Waals surface area contributed by atoms with Gasteiger partial charge in [-0.2, -0.15) is 0 Å². The third kappa shape index (κ3) is 6.44. The van der Waals surface area contributed by atoms with Crippen molar-refractivity contribution < 1.29 is 29.0 Å². The van der Waals surface area contributed by atoms with Gasteiger partial charge in [0, 0.05) is 19.0 Å². The molecule has 0 bridgehead atoms. The zero-order valence-electron chi connectivity index (χ0n) is 17.8. The molecule has 1 fully saturated rings. The quantitative estimate of drug-likeness (QED) is 0.386. The molecule has 1 unspecified atom stereocenters. The van der Waals surface area contributed by atoms with Gasteiger partial charge in [-0.15, -0.1) is 0 Å². The second-order valence-corrected chi connectivity index (χ2v) is 7.77. The molecule has 1 aromatic carbocycles. The van der Waals surface area contributed by atoms with E-state index in [2.05, 4.69) is 10.3 Å². The van der Waals surface area contributed by atoms with Crippen molar-refractivity contribution in [1.82, 2.24) is 10.2 Å². The molecular formula is C22H29N3O6. The molecule has 0 aromatic heterocycles. The number of unbranched alkanes of at least 4 members (excludes halogenated alkanes) is 5. The number of rotatable bonds is 12. The summed E-state index contributed by atoms with van der Waals surface area (Å²) in [6, 6.07) is 4.88. The topological polar surface area (TPSA) is 118 Å². The summed E-state index contributed by atoms with van der Waals surface area (Å²) < 4.78 is 10.8. The van der Waals surface area contributed by atoms with E-state index in [-0.39, 0.29) is 18.3 Å². The lowest BCUT2D eigenvalue weighted by molar-refractivity contribution is -0.141. The lowest BCUT2D eigenvalue weighted by atomic mass is 10.1. The van der Waals surface area contributed by atoms with Crippen LogP contribution in [0.4, 0.5) is 5.69 Å². The van der Waals surface area contributed by atoms with Gasteiger partial charge in [-0.1, -0.05) is 25.7 Å². The minimum absolute atomic E-state index is 0.225. The van der Waals surface area contributed by atoms with E-state index in [9.17, 15) is 14.4 Å². The predicted octanol–water partition coefficient (Wildman–Crippen LogP) is 2.75. The average molecular weight is 431 g/mol. The Kier molecular flexibility index (Phi) is 7.86. The van der Waals surface area contributed by atoms with Crippen LogP contribution < -0.4 is 10.1 Å². The number of hydrogen-bond donors (Lipinski definition) is 2. The number of carboxylic acids is 1. The van der Waals surface area contributed by atoms with E-state index >= 15 is 0 Å². The van der Waals surface area contributed by atoms with Crippen LogP contribution in [-0.2, 0) is 25.7 Å². The number of carboxylic acid groups (broad SMARTS) is 1. The van der Waals surface area contributed by atoms with Crippen LogP contribution >= 0.6 is 0 Å². The minimum Gasteiger partial charge on any atom is -0.494 e. The molecule has 0 radical (unpaired) electrons. The number of carbonyl (C=O) groups is 3. The fourth-order valence-electron chi connectivity index (χ4n) is 3.70. The van der Waals surface area contributed by atoms with E-state index < -0.39 is 12.0 Å². The molecule has 9 nitrogen and oxygen atoms in total. The van der Waals surface area contributed by atoms with Crippen LogP contribution in [0, 0.1) is 0 Å². The van der Waals surface area contributed by atoms with Gasteiger partial charge in [0.2, 0.25) is 11.9 Å². The number of fused-ring (bicyclic) bond motifs is 2. The monoisotopic (exact) mass is 431 g/mol. The molecule has 9 heteroatoms. The summed E-state index contributed by atoms with van der Waals surface area (Å²) >= 11 is 0. The largest absolute Gasteiger partial charge is 0.494 e. The normalized spacial score (nSPS) is 16.8. The molecule has 2 heterocycles. The zero-order valence-corrected chi connectivity index (χ0v) is 17.8. The Morgan fingerprint density at radius 1 is 1.16 bits per heavy atom. The number of esters is 1. The highest BCUT2D eigenvalue weighted by molar-refractivity contribution is 6.08. The number of hydrogen-bond acceptors (Lipinski definition) is 7. The summed E-state index contributed by atoms with van der Waals surface area (Å²) in [6.07, 6.45) is 5.95. The Labute approximate surface area is 181 Å². The number of aliphatic carboxylic acids is 1. The molecule has 1 aromatic rings. The fourth-order valence-corrected chi connectivity index (χ4v) is 3.70. The van der Waals surface area contributed by atoms with Gasteiger partial charge in [0.25, 0.3) is 0 Å². The van der Waals surface area contributed by atoms with E-state index in [0.29, 0.717) is 25.7 Å². The fraction of sp³-hybridized carbons (Fsp3) is 0.545. The molecule has 1 saturated heterocycles. The van der Waals surface area contributed by atoms with Gasteiger partial charge in [-0.3, -0.25) is 19.7 Å². The van der Waals surface area contributed by atoms with Crippen molar-refractivity contribution in [1.29, 1.82) is 0 Å². The van der Waals surface area contributed by atoms with Crippen LogP contribution in [-0.4, -0.2) is 53.1 Å². The molecule has 0 saturated carbocycles. The van der Waals surface area contributed by atoms with E-state index in [1.165, 1.54) is 6.92 Å². The number of guanidine groups is 1. The molecule has 0 aliphatic carbocycles. The molecule has 0 spiro atoms. The summed E-state index contributed by atoms with van der Waals surface area (Å²) in [4.78, 5) is 40.0. The standard InChI is InChI=1S/C22H29N3O6/c1-15(26)30-10-6-4-2-3-5-7-11-31-17-8-9-18-16(12-17)14-25-19(13-20(27)28)21(29)24-22(25)23-18/h8-9,12,19H,2-7,10-11,13-14H2,1H3,(H,27,28)(H,23,24,29). The molecule has 1 amide bonds. The molecule has 3 rings (SSSR count). The number of nitrogens with zero attached hydrogens (tertiary/aromatic N) is 2. The van der Waals surface area contributed by atoms with Crippen LogP contribution in [0.2, 0.25) is 0 Å². The first kappa shape index (κ1) is 22.6. The van der Waals surface area contributed by atoms with Gasteiger partial charge in [0.05, 0.1) is 25.3 Å². The minimum atomic E-state index is -1.02. The van der Waals surface area contributed by atoms with Gasteiger partial charge < -0.3 is 19.5 Å². The van der Waals surface area contributed by atoms with Crippen molar-refractivity contribution in [2.45, 2.75) is 64.5 Å². The Balaban J connectivity index is 1.40. The molecular weight excluding hydrogens is 402 g/mol. The third-order valence-corrected chi connectivity index (χ3v) is 5.28. The van der Waals surface area contributed by atoms with Gasteiger partial charge in [0.15, 0.2) is 0 Å². The predicted molar refractivity (Wildman–Crippen MR) is 113 cm³/mol. The van der Waals surface area contributed by atoms with Crippen LogP contribution in [0.1, 0.15) is 57.4 Å².